The predicted octanol–water partition coefficient (Wildman–Crippen LogP) is 1.87. The van der Waals surface area contributed by atoms with Crippen LogP contribution in [0, 0.1) is 0 Å². The van der Waals surface area contributed by atoms with Crippen LogP contribution < -0.4 is 21.6 Å². The average molecular weight is 377 g/mol. The molecule has 0 bridgehead atoms. The van der Waals surface area contributed by atoms with E-state index in [9.17, 15) is 19.2 Å². The lowest BCUT2D eigenvalue weighted by Crippen LogP contribution is -2.43. The fourth-order valence-corrected chi connectivity index (χ4v) is 3.00. The van der Waals surface area contributed by atoms with E-state index in [0.29, 0.717) is 27.9 Å². The number of fused-ring (bicyclic) bond motifs is 2. The van der Waals surface area contributed by atoms with Gasteiger partial charge in [-0.2, -0.15) is 0 Å². The van der Waals surface area contributed by atoms with Crippen molar-refractivity contribution in [2.45, 2.75) is 12.5 Å². The molecule has 0 aliphatic carbocycles. The third-order valence-corrected chi connectivity index (χ3v) is 4.34. The summed E-state index contributed by atoms with van der Waals surface area (Å²) in [5.41, 5.74) is 1.17. The number of para-hydroxylation sites is 1. The number of benzene rings is 2. The van der Waals surface area contributed by atoms with Crippen molar-refractivity contribution in [3.05, 3.63) is 70.6 Å². The van der Waals surface area contributed by atoms with Gasteiger partial charge in [0.2, 0.25) is 11.8 Å². The van der Waals surface area contributed by atoms with Gasteiger partial charge in [0.1, 0.15) is 11.6 Å². The van der Waals surface area contributed by atoms with E-state index < -0.39 is 29.4 Å². The zero-order valence-electron chi connectivity index (χ0n) is 14.5. The molecule has 0 radical (unpaired) electrons. The van der Waals surface area contributed by atoms with E-state index in [1.54, 1.807) is 48.5 Å². The molecule has 3 aromatic rings. The van der Waals surface area contributed by atoms with Crippen molar-refractivity contribution in [3.8, 4) is 0 Å². The Morgan fingerprint density at radius 1 is 1.04 bits per heavy atom. The van der Waals surface area contributed by atoms with E-state index in [2.05, 4.69) is 16.0 Å². The summed E-state index contributed by atoms with van der Waals surface area (Å²) < 4.78 is 5.04. The number of anilines is 2. The molecule has 8 nitrogen and oxygen atoms in total. The van der Waals surface area contributed by atoms with Gasteiger partial charge in [0.05, 0.1) is 17.7 Å². The molecule has 1 aromatic heterocycles. The van der Waals surface area contributed by atoms with Crippen LogP contribution in [0.25, 0.3) is 11.0 Å². The summed E-state index contributed by atoms with van der Waals surface area (Å²) in [7, 11) is 0. The van der Waals surface area contributed by atoms with Gasteiger partial charge < -0.3 is 20.4 Å². The van der Waals surface area contributed by atoms with Crippen molar-refractivity contribution in [1.82, 2.24) is 5.32 Å². The maximum Gasteiger partial charge on any atom is 0.336 e. The minimum absolute atomic E-state index is 0.229. The lowest BCUT2D eigenvalue weighted by atomic mass is 10.1. The molecule has 3 amide bonds. The molecule has 0 saturated heterocycles. The van der Waals surface area contributed by atoms with E-state index in [1.807, 2.05) is 0 Å². The highest BCUT2D eigenvalue weighted by Gasteiger charge is 2.29. The fourth-order valence-electron chi connectivity index (χ4n) is 3.00. The highest BCUT2D eigenvalue weighted by atomic mass is 16.4. The van der Waals surface area contributed by atoms with Crippen LogP contribution in [0.2, 0.25) is 0 Å². The van der Waals surface area contributed by atoms with Crippen LogP contribution in [0.5, 0.6) is 0 Å². The quantitative estimate of drug-likeness (QED) is 0.603. The maximum absolute atomic E-state index is 12.4. The number of carbonyl (C=O) groups excluding carboxylic acids is 3. The highest BCUT2D eigenvalue weighted by molar-refractivity contribution is 6.11. The van der Waals surface area contributed by atoms with Gasteiger partial charge in [-0.25, -0.2) is 4.79 Å². The molecule has 1 aliphatic rings. The zero-order valence-corrected chi connectivity index (χ0v) is 14.5. The fraction of sp³-hybridized carbons (Fsp3) is 0.100. The van der Waals surface area contributed by atoms with Crippen molar-refractivity contribution < 1.29 is 18.8 Å². The molecule has 0 saturated carbocycles. The maximum atomic E-state index is 12.4. The van der Waals surface area contributed by atoms with Crippen LogP contribution in [-0.4, -0.2) is 23.8 Å². The normalized spacial score (nSPS) is 15.9. The summed E-state index contributed by atoms with van der Waals surface area (Å²) in [6.07, 6.45) is -0.229. The van der Waals surface area contributed by atoms with Crippen molar-refractivity contribution in [2.75, 3.05) is 10.6 Å². The van der Waals surface area contributed by atoms with E-state index >= 15 is 0 Å². The van der Waals surface area contributed by atoms with E-state index in [0.717, 1.165) is 0 Å². The average Bonchev–Trinajstić information content (AvgIpc) is 2.78. The van der Waals surface area contributed by atoms with Crippen LogP contribution in [0.15, 0.2) is 63.8 Å². The lowest BCUT2D eigenvalue weighted by Gasteiger charge is -2.14. The van der Waals surface area contributed by atoms with Crippen LogP contribution in [0.4, 0.5) is 11.4 Å². The minimum atomic E-state index is -1.00. The summed E-state index contributed by atoms with van der Waals surface area (Å²) >= 11 is 0. The van der Waals surface area contributed by atoms with Crippen LogP contribution in [0.3, 0.4) is 0 Å². The van der Waals surface area contributed by atoms with Gasteiger partial charge in [-0.3, -0.25) is 14.4 Å². The topological polar surface area (TPSA) is 118 Å². The summed E-state index contributed by atoms with van der Waals surface area (Å²) in [6, 6.07) is 13.3. The molecule has 2 aromatic carbocycles. The molecule has 1 atom stereocenters. The van der Waals surface area contributed by atoms with Gasteiger partial charge in [0.15, 0.2) is 0 Å². The molecule has 0 fully saturated rings. The Balaban J connectivity index is 1.48. The van der Waals surface area contributed by atoms with Crippen LogP contribution in [0.1, 0.15) is 16.8 Å². The SMILES string of the molecule is O=C(C[C@H]1NC(=O)c2ccccc2NC1=O)Nc1ccc2oc(=O)ccc2c1. The monoisotopic (exact) mass is 377 g/mol. The molecule has 0 spiro atoms. The van der Waals surface area contributed by atoms with Gasteiger partial charge in [-0.05, 0) is 36.4 Å². The summed E-state index contributed by atoms with van der Waals surface area (Å²) in [5, 5.41) is 8.56. The number of rotatable bonds is 3. The molecule has 8 heteroatoms. The molecule has 1 aliphatic heterocycles. The van der Waals surface area contributed by atoms with E-state index in [1.165, 1.54) is 6.07 Å². The lowest BCUT2D eigenvalue weighted by molar-refractivity contribution is -0.122. The number of hydrogen-bond acceptors (Lipinski definition) is 5. The van der Waals surface area contributed by atoms with Crippen LogP contribution in [-0.2, 0) is 9.59 Å². The van der Waals surface area contributed by atoms with Crippen molar-refractivity contribution in [2.24, 2.45) is 0 Å². The van der Waals surface area contributed by atoms with Gasteiger partial charge in [0.25, 0.3) is 5.91 Å². The molecule has 2 heterocycles. The van der Waals surface area contributed by atoms with Crippen molar-refractivity contribution in [3.63, 3.8) is 0 Å². The third kappa shape index (κ3) is 3.48. The first kappa shape index (κ1) is 17.5. The molecule has 3 N–H and O–H groups in total. The standard InChI is InChI=1S/C20H15N3O5/c24-17(21-12-6-7-16-11(9-12)5-8-18(25)28-16)10-15-20(27)22-14-4-2-1-3-13(14)19(26)23-15/h1-9,15H,10H2,(H,21,24)(H,22,27)(H,23,26)/t15-/m1/s1. The van der Waals surface area contributed by atoms with E-state index in [4.69, 9.17) is 4.42 Å². The number of carbonyl (C=O) groups is 3. The van der Waals surface area contributed by atoms with Gasteiger partial charge in [0, 0.05) is 17.1 Å². The molecular formula is C20H15N3O5. The predicted molar refractivity (Wildman–Crippen MR) is 102 cm³/mol. The largest absolute Gasteiger partial charge is 0.423 e. The first-order valence-electron chi connectivity index (χ1n) is 8.54. The molecular weight excluding hydrogens is 362 g/mol. The zero-order chi connectivity index (χ0) is 19.7. The Bertz CT molecular complexity index is 1170. The molecule has 4 rings (SSSR count). The third-order valence-electron chi connectivity index (χ3n) is 4.34. The summed E-state index contributed by atoms with van der Waals surface area (Å²) in [5.74, 6) is -1.33. The van der Waals surface area contributed by atoms with Crippen LogP contribution >= 0.6 is 0 Å². The summed E-state index contributed by atoms with van der Waals surface area (Å²) in [4.78, 5) is 48.3. The molecule has 0 unspecified atom stereocenters. The van der Waals surface area contributed by atoms with Gasteiger partial charge >= 0.3 is 5.63 Å². The Labute approximate surface area is 158 Å². The Morgan fingerprint density at radius 2 is 1.86 bits per heavy atom. The smallest absolute Gasteiger partial charge is 0.336 e. The number of amides is 3. The Kier molecular flexibility index (Phi) is 4.36. The Morgan fingerprint density at radius 3 is 2.71 bits per heavy atom. The summed E-state index contributed by atoms with van der Waals surface area (Å²) in [6.45, 7) is 0. The number of nitrogens with one attached hydrogen (secondary N) is 3. The number of hydrogen-bond donors (Lipinski definition) is 3. The van der Waals surface area contributed by atoms with Gasteiger partial charge in [-0.1, -0.05) is 12.1 Å². The van der Waals surface area contributed by atoms with Crippen molar-refractivity contribution >= 4 is 40.1 Å². The second kappa shape index (κ2) is 6.99. The second-order valence-electron chi connectivity index (χ2n) is 6.32. The minimum Gasteiger partial charge on any atom is -0.423 e. The second-order valence-corrected chi connectivity index (χ2v) is 6.32. The van der Waals surface area contributed by atoms with Crippen molar-refractivity contribution in [1.29, 1.82) is 0 Å². The first-order chi connectivity index (χ1) is 13.5. The highest BCUT2D eigenvalue weighted by Crippen LogP contribution is 2.20. The molecule has 28 heavy (non-hydrogen) atoms. The van der Waals surface area contributed by atoms with E-state index in [-0.39, 0.29) is 6.42 Å². The molecule has 140 valence electrons. The first-order valence-corrected chi connectivity index (χ1v) is 8.54. The van der Waals surface area contributed by atoms with Gasteiger partial charge in [-0.15, -0.1) is 0 Å². The Hall–Kier alpha value is -3.94.